The van der Waals surface area contributed by atoms with Crippen molar-refractivity contribution >= 4 is 21.8 Å². The summed E-state index contributed by atoms with van der Waals surface area (Å²) in [4.78, 5) is 14.3. The summed E-state index contributed by atoms with van der Waals surface area (Å²) in [6, 6.07) is 10.2. The highest BCUT2D eigenvalue weighted by Gasteiger charge is 2.28. The summed E-state index contributed by atoms with van der Waals surface area (Å²) < 4.78 is 2.73. The van der Waals surface area contributed by atoms with E-state index in [-0.39, 0.29) is 11.9 Å². The monoisotopic (exact) mass is 348 g/mol. The Hall–Kier alpha value is -1.66. The number of carbonyl (C=O) groups is 1. The molecular formula is C15H17BrN4O. The predicted molar refractivity (Wildman–Crippen MR) is 83.9 cm³/mol. The minimum Gasteiger partial charge on any atom is -0.345 e. The Bertz CT molecular complexity index is 649. The van der Waals surface area contributed by atoms with Gasteiger partial charge in [0, 0.05) is 37.4 Å². The highest BCUT2D eigenvalue weighted by molar-refractivity contribution is 9.10. The van der Waals surface area contributed by atoms with E-state index < -0.39 is 0 Å². The van der Waals surface area contributed by atoms with Crippen LogP contribution < -0.4 is 5.32 Å². The average Bonchev–Trinajstić information content (AvgIpc) is 2.83. The largest absolute Gasteiger partial charge is 0.345 e. The van der Waals surface area contributed by atoms with Gasteiger partial charge in [0.25, 0.3) is 5.91 Å². The molecule has 0 radical (unpaired) electrons. The number of hydrogen-bond acceptors (Lipinski definition) is 3. The van der Waals surface area contributed by atoms with Crippen molar-refractivity contribution in [3.8, 4) is 0 Å². The molecule has 3 rings (SSSR count). The first-order valence-corrected chi connectivity index (χ1v) is 7.67. The Morgan fingerprint density at radius 2 is 2.24 bits per heavy atom. The average molecular weight is 349 g/mol. The molecule has 1 saturated heterocycles. The third-order valence-electron chi connectivity index (χ3n) is 3.53. The van der Waals surface area contributed by atoms with E-state index in [4.69, 9.17) is 0 Å². The summed E-state index contributed by atoms with van der Waals surface area (Å²) in [5.41, 5.74) is 1.75. The summed E-state index contributed by atoms with van der Waals surface area (Å²) in [6.45, 7) is 2.67. The van der Waals surface area contributed by atoms with Gasteiger partial charge in [-0.2, -0.15) is 5.10 Å². The number of halogens is 1. The lowest BCUT2D eigenvalue weighted by atomic mass is 10.1. The number of benzene rings is 1. The molecule has 2 aromatic rings. The van der Waals surface area contributed by atoms with Crippen LogP contribution in [0, 0.1) is 0 Å². The number of likely N-dealkylation sites (tertiary alicyclic amines) is 1. The minimum absolute atomic E-state index is 0.0947. The van der Waals surface area contributed by atoms with Gasteiger partial charge in [0.05, 0.1) is 6.04 Å². The fourth-order valence-electron chi connectivity index (χ4n) is 2.48. The molecule has 6 heteroatoms. The van der Waals surface area contributed by atoms with Gasteiger partial charge in [-0.15, -0.1) is 0 Å². The van der Waals surface area contributed by atoms with Crippen LogP contribution in [-0.2, 0) is 13.6 Å². The quantitative estimate of drug-likeness (QED) is 0.916. The van der Waals surface area contributed by atoms with Crippen molar-refractivity contribution in [1.82, 2.24) is 20.0 Å². The van der Waals surface area contributed by atoms with E-state index in [0.29, 0.717) is 5.69 Å². The molecule has 0 spiro atoms. The Balaban J connectivity index is 1.47. The summed E-state index contributed by atoms with van der Waals surface area (Å²) in [5.74, 6) is -0.0947. The highest BCUT2D eigenvalue weighted by atomic mass is 79.9. The van der Waals surface area contributed by atoms with E-state index in [2.05, 4.69) is 43.4 Å². The highest BCUT2D eigenvalue weighted by Crippen LogP contribution is 2.17. The Labute approximate surface area is 132 Å². The van der Waals surface area contributed by atoms with Crippen LogP contribution in [0.3, 0.4) is 0 Å². The number of rotatable bonds is 4. The maximum Gasteiger partial charge on any atom is 0.272 e. The van der Waals surface area contributed by atoms with E-state index in [1.165, 1.54) is 5.56 Å². The van der Waals surface area contributed by atoms with Gasteiger partial charge >= 0.3 is 0 Å². The van der Waals surface area contributed by atoms with Gasteiger partial charge in [-0.25, -0.2) is 0 Å². The van der Waals surface area contributed by atoms with Crippen LogP contribution >= 0.6 is 15.9 Å². The van der Waals surface area contributed by atoms with Crippen molar-refractivity contribution in [2.75, 3.05) is 13.1 Å². The first-order valence-electron chi connectivity index (χ1n) is 6.87. The Morgan fingerprint density at radius 3 is 2.90 bits per heavy atom. The van der Waals surface area contributed by atoms with Crippen LogP contribution in [-0.4, -0.2) is 39.7 Å². The predicted octanol–water partition coefficient (Wildman–Crippen LogP) is 1.80. The van der Waals surface area contributed by atoms with Gasteiger partial charge in [0.2, 0.25) is 0 Å². The van der Waals surface area contributed by atoms with Crippen molar-refractivity contribution in [3.63, 3.8) is 0 Å². The van der Waals surface area contributed by atoms with Gasteiger partial charge in [0.15, 0.2) is 0 Å². The van der Waals surface area contributed by atoms with Crippen molar-refractivity contribution in [1.29, 1.82) is 0 Å². The molecule has 1 fully saturated rings. The molecule has 21 heavy (non-hydrogen) atoms. The maximum absolute atomic E-state index is 12.0. The van der Waals surface area contributed by atoms with Gasteiger partial charge < -0.3 is 5.32 Å². The Kier molecular flexibility index (Phi) is 4.07. The van der Waals surface area contributed by atoms with Crippen LogP contribution in [0.25, 0.3) is 0 Å². The third-order valence-corrected chi connectivity index (χ3v) is 4.03. The van der Waals surface area contributed by atoms with Crippen LogP contribution in [0.4, 0.5) is 0 Å². The zero-order valence-electron chi connectivity index (χ0n) is 11.8. The lowest BCUT2D eigenvalue weighted by Gasteiger charge is -2.39. The summed E-state index contributed by atoms with van der Waals surface area (Å²) in [7, 11) is 1.81. The number of hydrogen-bond donors (Lipinski definition) is 1. The third kappa shape index (κ3) is 3.51. The molecule has 2 heterocycles. The van der Waals surface area contributed by atoms with E-state index >= 15 is 0 Å². The molecule has 1 aliphatic heterocycles. The van der Waals surface area contributed by atoms with Crippen LogP contribution in [0.15, 0.2) is 41.0 Å². The Morgan fingerprint density at radius 1 is 1.43 bits per heavy atom. The summed E-state index contributed by atoms with van der Waals surface area (Å²) in [6.07, 6.45) is 1.77. The smallest absolute Gasteiger partial charge is 0.272 e. The molecule has 0 bridgehead atoms. The molecule has 0 saturated carbocycles. The summed E-state index contributed by atoms with van der Waals surface area (Å²) >= 11 is 3.48. The second-order valence-electron chi connectivity index (χ2n) is 5.37. The topological polar surface area (TPSA) is 50.2 Å². The van der Waals surface area contributed by atoms with Gasteiger partial charge in [0.1, 0.15) is 5.69 Å². The lowest BCUT2D eigenvalue weighted by Crippen LogP contribution is -2.58. The van der Waals surface area contributed by atoms with Crippen molar-refractivity contribution in [2.45, 2.75) is 12.6 Å². The summed E-state index contributed by atoms with van der Waals surface area (Å²) in [5, 5.41) is 7.11. The van der Waals surface area contributed by atoms with E-state index in [9.17, 15) is 4.79 Å². The number of aromatic nitrogens is 2. The number of amides is 1. The molecule has 1 aromatic heterocycles. The van der Waals surface area contributed by atoms with Gasteiger partial charge in [-0.1, -0.05) is 28.1 Å². The number of carbonyl (C=O) groups excluding carboxylic acids is 1. The first kappa shape index (κ1) is 14.3. The van der Waals surface area contributed by atoms with Gasteiger partial charge in [-0.05, 0) is 23.8 Å². The molecule has 0 atom stereocenters. The van der Waals surface area contributed by atoms with Crippen molar-refractivity contribution in [3.05, 3.63) is 52.3 Å². The van der Waals surface area contributed by atoms with Crippen molar-refractivity contribution in [2.24, 2.45) is 7.05 Å². The maximum atomic E-state index is 12.0. The minimum atomic E-state index is -0.0947. The van der Waals surface area contributed by atoms with E-state index in [1.54, 1.807) is 24.0 Å². The molecule has 0 unspecified atom stereocenters. The fourth-order valence-corrected chi connectivity index (χ4v) is 2.93. The number of nitrogens with one attached hydrogen (secondary N) is 1. The zero-order valence-corrected chi connectivity index (χ0v) is 13.4. The molecular weight excluding hydrogens is 332 g/mol. The number of nitrogens with zero attached hydrogens (tertiary/aromatic N) is 3. The van der Waals surface area contributed by atoms with Crippen molar-refractivity contribution < 1.29 is 4.79 Å². The molecule has 1 aliphatic rings. The lowest BCUT2D eigenvalue weighted by molar-refractivity contribution is 0.0790. The van der Waals surface area contributed by atoms with E-state index in [0.717, 1.165) is 24.1 Å². The normalized spacial score (nSPS) is 15.7. The molecule has 1 aromatic carbocycles. The molecule has 5 nitrogen and oxygen atoms in total. The standard InChI is InChI=1S/C15H17BrN4O/c1-19-6-5-14(18-19)15(21)17-13-9-20(10-13)8-11-3-2-4-12(16)7-11/h2-7,13H,8-10H2,1H3,(H,17,21). The van der Waals surface area contributed by atoms with E-state index in [1.807, 2.05) is 12.1 Å². The number of aryl methyl sites for hydroxylation is 1. The van der Waals surface area contributed by atoms with Crippen LogP contribution in [0.5, 0.6) is 0 Å². The van der Waals surface area contributed by atoms with Crippen LogP contribution in [0.1, 0.15) is 16.1 Å². The molecule has 1 amide bonds. The zero-order chi connectivity index (χ0) is 14.8. The van der Waals surface area contributed by atoms with Crippen LogP contribution in [0.2, 0.25) is 0 Å². The first-order chi connectivity index (χ1) is 10.1. The molecule has 0 aliphatic carbocycles. The molecule has 1 N–H and O–H groups in total. The fraction of sp³-hybridized carbons (Fsp3) is 0.333. The van der Waals surface area contributed by atoms with Gasteiger partial charge in [-0.3, -0.25) is 14.4 Å². The molecule has 110 valence electrons. The SMILES string of the molecule is Cn1ccc(C(=O)NC2CN(Cc3cccc(Br)c3)C2)n1. The second kappa shape index (κ2) is 5.99. The second-order valence-corrected chi connectivity index (χ2v) is 6.28.